The first-order valence-corrected chi connectivity index (χ1v) is 13.1. The smallest absolute Gasteiger partial charge is 0.255 e. The Balaban J connectivity index is 1.34. The molecule has 182 valence electrons. The van der Waals surface area contributed by atoms with Gasteiger partial charge in [-0.3, -0.25) is 9.59 Å². The molecule has 0 saturated carbocycles. The van der Waals surface area contributed by atoms with Crippen molar-refractivity contribution in [2.45, 2.75) is 37.5 Å². The van der Waals surface area contributed by atoms with Gasteiger partial charge in [0, 0.05) is 36.4 Å². The van der Waals surface area contributed by atoms with Gasteiger partial charge in [-0.2, -0.15) is 4.31 Å². The highest BCUT2D eigenvalue weighted by molar-refractivity contribution is 7.89. The van der Waals surface area contributed by atoms with Crippen LogP contribution < -0.4 is 10.6 Å². The zero-order valence-electron chi connectivity index (χ0n) is 19.7. The maximum atomic E-state index is 12.7. The summed E-state index contributed by atoms with van der Waals surface area (Å²) in [6, 6.07) is 21.1. The van der Waals surface area contributed by atoms with Crippen LogP contribution in [0, 0.1) is 6.92 Å². The van der Waals surface area contributed by atoms with Crippen molar-refractivity contribution in [3.8, 4) is 0 Å². The Bertz CT molecular complexity index is 1300. The topological polar surface area (TPSA) is 95.6 Å². The van der Waals surface area contributed by atoms with Gasteiger partial charge in [0.25, 0.3) is 5.91 Å². The standard InChI is InChI=1S/C27H29N3O4S/c1-20-24(10-7-11-25(20)29-27(32)22-8-3-2-4-9-22)28-26(31)17-14-21-12-15-23(16-13-21)35(33,34)30-18-5-6-19-30/h2-4,7-13,15-16H,5-6,14,17-19H2,1H3,(H,28,31)(H,29,32). The van der Waals surface area contributed by atoms with Crippen LogP contribution in [-0.4, -0.2) is 37.6 Å². The van der Waals surface area contributed by atoms with Crippen LogP contribution in [0.4, 0.5) is 11.4 Å². The first-order chi connectivity index (χ1) is 16.8. The first-order valence-electron chi connectivity index (χ1n) is 11.7. The number of nitrogens with one attached hydrogen (secondary N) is 2. The number of sulfonamides is 1. The number of amides is 2. The highest BCUT2D eigenvalue weighted by atomic mass is 32.2. The van der Waals surface area contributed by atoms with Crippen LogP contribution in [0.3, 0.4) is 0 Å². The predicted octanol–water partition coefficient (Wildman–Crippen LogP) is 4.60. The van der Waals surface area contributed by atoms with Crippen LogP contribution >= 0.6 is 0 Å². The van der Waals surface area contributed by atoms with Gasteiger partial charge >= 0.3 is 0 Å². The number of carbonyl (C=O) groups excluding carboxylic acids is 2. The lowest BCUT2D eigenvalue weighted by Crippen LogP contribution is -2.27. The van der Waals surface area contributed by atoms with E-state index in [1.807, 2.05) is 13.0 Å². The molecule has 2 N–H and O–H groups in total. The van der Waals surface area contributed by atoms with Crippen LogP contribution in [0.25, 0.3) is 0 Å². The molecule has 1 saturated heterocycles. The van der Waals surface area contributed by atoms with Gasteiger partial charge in [-0.15, -0.1) is 0 Å². The second kappa shape index (κ2) is 10.8. The molecule has 7 nitrogen and oxygen atoms in total. The molecule has 0 aromatic heterocycles. The van der Waals surface area contributed by atoms with Crippen LogP contribution in [-0.2, 0) is 21.2 Å². The van der Waals surface area contributed by atoms with E-state index in [9.17, 15) is 18.0 Å². The summed E-state index contributed by atoms with van der Waals surface area (Å²) in [7, 11) is -3.44. The van der Waals surface area contributed by atoms with E-state index >= 15 is 0 Å². The minimum Gasteiger partial charge on any atom is -0.326 e. The highest BCUT2D eigenvalue weighted by Crippen LogP contribution is 2.25. The molecule has 0 unspecified atom stereocenters. The van der Waals surface area contributed by atoms with E-state index in [2.05, 4.69) is 10.6 Å². The Morgan fingerprint density at radius 3 is 2.11 bits per heavy atom. The van der Waals surface area contributed by atoms with Crippen molar-refractivity contribution in [1.29, 1.82) is 0 Å². The van der Waals surface area contributed by atoms with Gasteiger partial charge < -0.3 is 10.6 Å². The first kappa shape index (κ1) is 24.6. The Morgan fingerprint density at radius 2 is 1.46 bits per heavy atom. The summed E-state index contributed by atoms with van der Waals surface area (Å²) >= 11 is 0. The zero-order valence-corrected chi connectivity index (χ0v) is 20.5. The molecule has 3 aromatic rings. The second-order valence-electron chi connectivity index (χ2n) is 8.60. The minimum absolute atomic E-state index is 0.159. The monoisotopic (exact) mass is 491 g/mol. The van der Waals surface area contributed by atoms with Crippen molar-refractivity contribution in [2.75, 3.05) is 23.7 Å². The van der Waals surface area contributed by atoms with Crippen LogP contribution in [0.2, 0.25) is 0 Å². The SMILES string of the molecule is Cc1c(NC(=O)CCc2ccc(S(=O)(=O)N3CCCC3)cc2)cccc1NC(=O)c1ccccc1. The van der Waals surface area contributed by atoms with Crippen LogP contribution in [0.1, 0.15) is 40.7 Å². The molecule has 0 spiro atoms. The highest BCUT2D eigenvalue weighted by Gasteiger charge is 2.26. The number of hydrogen-bond donors (Lipinski definition) is 2. The Hall–Kier alpha value is -3.49. The van der Waals surface area contributed by atoms with Gasteiger partial charge in [-0.1, -0.05) is 36.4 Å². The van der Waals surface area contributed by atoms with E-state index < -0.39 is 10.0 Å². The average Bonchev–Trinajstić information content (AvgIpc) is 3.42. The zero-order chi connectivity index (χ0) is 24.8. The summed E-state index contributed by atoms with van der Waals surface area (Å²) < 4.78 is 26.8. The quantitative estimate of drug-likeness (QED) is 0.481. The summed E-state index contributed by atoms with van der Waals surface area (Å²) in [5, 5.41) is 5.81. The van der Waals surface area contributed by atoms with Gasteiger partial charge in [-0.05, 0) is 73.7 Å². The lowest BCUT2D eigenvalue weighted by atomic mass is 10.1. The molecule has 3 aromatic carbocycles. The Labute approximate surface area is 206 Å². The number of anilines is 2. The number of rotatable bonds is 8. The molecule has 0 bridgehead atoms. The van der Waals surface area contributed by atoms with E-state index in [4.69, 9.17) is 0 Å². The fourth-order valence-electron chi connectivity index (χ4n) is 4.07. The average molecular weight is 492 g/mol. The fourth-order valence-corrected chi connectivity index (χ4v) is 5.58. The van der Waals surface area contributed by atoms with E-state index in [0.29, 0.717) is 36.4 Å². The van der Waals surface area contributed by atoms with Crippen molar-refractivity contribution in [3.63, 3.8) is 0 Å². The summed E-state index contributed by atoms with van der Waals surface area (Å²) in [6.07, 6.45) is 2.53. The molecule has 1 aliphatic heterocycles. The normalized spacial score (nSPS) is 14.0. The molecular formula is C27H29N3O4S. The van der Waals surface area contributed by atoms with Crippen molar-refractivity contribution < 1.29 is 18.0 Å². The minimum atomic E-state index is -3.44. The number of aryl methyl sites for hydroxylation is 1. The summed E-state index contributed by atoms with van der Waals surface area (Å²) in [4.78, 5) is 25.4. The second-order valence-corrected chi connectivity index (χ2v) is 10.5. The van der Waals surface area contributed by atoms with Gasteiger partial charge in [0.05, 0.1) is 4.90 Å². The third-order valence-corrected chi connectivity index (χ3v) is 8.07. The maximum Gasteiger partial charge on any atom is 0.255 e. The third-order valence-electron chi connectivity index (χ3n) is 6.16. The Kier molecular flexibility index (Phi) is 7.63. The lowest BCUT2D eigenvalue weighted by Gasteiger charge is -2.15. The van der Waals surface area contributed by atoms with E-state index in [-0.39, 0.29) is 23.1 Å². The van der Waals surface area contributed by atoms with Crippen molar-refractivity contribution in [2.24, 2.45) is 0 Å². The van der Waals surface area contributed by atoms with E-state index in [1.54, 1.807) is 66.7 Å². The molecule has 0 radical (unpaired) electrons. The molecule has 1 heterocycles. The fraction of sp³-hybridized carbons (Fsp3) is 0.259. The molecule has 0 atom stereocenters. The molecule has 4 rings (SSSR count). The van der Waals surface area contributed by atoms with Crippen molar-refractivity contribution >= 4 is 33.2 Å². The third kappa shape index (κ3) is 5.96. The van der Waals surface area contributed by atoms with Gasteiger partial charge in [0.15, 0.2) is 0 Å². The van der Waals surface area contributed by atoms with Gasteiger partial charge in [0.2, 0.25) is 15.9 Å². The largest absolute Gasteiger partial charge is 0.326 e. The van der Waals surface area contributed by atoms with Crippen LogP contribution in [0.15, 0.2) is 77.7 Å². The summed E-state index contributed by atoms with van der Waals surface area (Å²) in [5.41, 5.74) is 3.47. The molecular weight excluding hydrogens is 462 g/mol. The molecule has 1 fully saturated rings. The van der Waals surface area contributed by atoms with Crippen molar-refractivity contribution in [3.05, 3.63) is 89.5 Å². The number of carbonyl (C=O) groups is 2. The molecule has 1 aliphatic rings. The molecule has 35 heavy (non-hydrogen) atoms. The van der Waals surface area contributed by atoms with Crippen LogP contribution in [0.5, 0.6) is 0 Å². The van der Waals surface area contributed by atoms with Gasteiger partial charge in [-0.25, -0.2) is 8.42 Å². The molecule has 8 heteroatoms. The maximum absolute atomic E-state index is 12.7. The van der Waals surface area contributed by atoms with E-state index in [0.717, 1.165) is 24.0 Å². The number of hydrogen-bond acceptors (Lipinski definition) is 4. The molecule has 0 aliphatic carbocycles. The van der Waals surface area contributed by atoms with E-state index in [1.165, 1.54) is 4.31 Å². The Morgan fingerprint density at radius 1 is 0.829 bits per heavy atom. The lowest BCUT2D eigenvalue weighted by molar-refractivity contribution is -0.116. The summed E-state index contributed by atoms with van der Waals surface area (Å²) in [5.74, 6) is -0.374. The van der Waals surface area contributed by atoms with Crippen molar-refractivity contribution in [1.82, 2.24) is 4.31 Å². The number of benzene rings is 3. The summed E-state index contributed by atoms with van der Waals surface area (Å²) in [6.45, 7) is 2.98. The molecule has 2 amide bonds. The van der Waals surface area contributed by atoms with Gasteiger partial charge in [0.1, 0.15) is 0 Å². The number of nitrogens with zero attached hydrogens (tertiary/aromatic N) is 1. The predicted molar refractivity (Wildman–Crippen MR) is 137 cm³/mol.